The van der Waals surface area contributed by atoms with Crippen LogP contribution < -0.4 is 0 Å². The van der Waals surface area contributed by atoms with Gasteiger partial charge in [0.1, 0.15) is 5.52 Å². The van der Waals surface area contributed by atoms with Gasteiger partial charge in [0.15, 0.2) is 12.0 Å². The predicted molar refractivity (Wildman–Crippen MR) is 52.7 cm³/mol. The number of nitrogens with zero attached hydrogens (tertiary/aromatic N) is 1. The molecular formula is C11H13NO. The van der Waals surface area contributed by atoms with E-state index in [9.17, 15) is 0 Å². The number of aromatic nitrogens is 1. The topological polar surface area (TPSA) is 26.0 Å². The van der Waals surface area contributed by atoms with Gasteiger partial charge in [0.2, 0.25) is 0 Å². The summed E-state index contributed by atoms with van der Waals surface area (Å²) in [6.07, 6.45) is 2.64. The molecule has 2 rings (SSSR count). The van der Waals surface area contributed by atoms with Crippen LogP contribution in [0.3, 0.4) is 0 Å². The largest absolute Gasteiger partial charge is 0.443 e. The van der Waals surface area contributed by atoms with E-state index >= 15 is 0 Å². The molecule has 1 unspecified atom stereocenters. The summed E-state index contributed by atoms with van der Waals surface area (Å²) >= 11 is 0. The summed E-state index contributed by atoms with van der Waals surface area (Å²) in [6.45, 7) is 4.41. The van der Waals surface area contributed by atoms with E-state index < -0.39 is 0 Å². The van der Waals surface area contributed by atoms with E-state index in [4.69, 9.17) is 4.42 Å². The first-order valence-corrected chi connectivity index (χ1v) is 4.64. The van der Waals surface area contributed by atoms with E-state index in [-0.39, 0.29) is 0 Å². The SMILES string of the molecule is CCC(C)c1ccc2ncoc2c1. The zero-order valence-electron chi connectivity index (χ0n) is 7.95. The highest BCUT2D eigenvalue weighted by Crippen LogP contribution is 2.22. The molecule has 0 bridgehead atoms. The smallest absolute Gasteiger partial charge is 0.181 e. The first kappa shape index (κ1) is 8.30. The number of benzene rings is 1. The molecule has 0 spiro atoms. The average Bonchev–Trinajstić information content (AvgIpc) is 2.63. The molecule has 1 aromatic heterocycles. The Hall–Kier alpha value is -1.31. The van der Waals surface area contributed by atoms with Crippen molar-refractivity contribution in [2.24, 2.45) is 0 Å². The van der Waals surface area contributed by atoms with Gasteiger partial charge in [-0.25, -0.2) is 4.98 Å². The molecule has 1 aromatic carbocycles. The Balaban J connectivity index is 2.48. The van der Waals surface area contributed by atoms with Gasteiger partial charge in [0.05, 0.1) is 0 Å². The lowest BCUT2D eigenvalue weighted by Gasteiger charge is -2.07. The number of hydrogen-bond acceptors (Lipinski definition) is 2. The maximum atomic E-state index is 5.24. The third-order valence-corrected chi connectivity index (χ3v) is 2.54. The van der Waals surface area contributed by atoms with Crippen molar-refractivity contribution < 1.29 is 4.42 Å². The van der Waals surface area contributed by atoms with Gasteiger partial charge < -0.3 is 4.42 Å². The van der Waals surface area contributed by atoms with E-state index in [0.29, 0.717) is 5.92 Å². The Bertz CT molecular complexity index is 405. The molecule has 0 aliphatic heterocycles. The lowest BCUT2D eigenvalue weighted by Crippen LogP contribution is -1.89. The minimum Gasteiger partial charge on any atom is -0.443 e. The predicted octanol–water partition coefficient (Wildman–Crippen LogP) is 3.34. The lowest BCUT2D eigenvalue weighted by molar-refractivity contribution is 0.600. The average molecular weight is 175 g/mol. The Morgan fingerprint density at radius 3 is 3.08 bits per heavy atom. The first-order chi connectivity index (χ1) is 6.31. The van der Waals surface area contributed by atoms with Crippen molar-refractivity contribution in [1.82, 2.24) is 4.98 Å². The molecule has 1 atom stereocenters. The van der Waals surface area contributed by atoms with Crippen LogP contribution in [0.15, 0.2) is 29.0 Å². The van der Waals surface area contributed by atoms with Crippen LogP contribution in [0.2, 0.25) is 0 Å². The van der Waals surface area contributed by atoms with E-state index in [1.54, 1.807) is 0 Å². The Labute approximate surface area is 77.6 Å². The highest BCUT2D eigenvalue weighted by Gasteiger charge is 2.05. The summed E-state index contributed by atoms with van der Waals surface area (Å²) in [5.74, 6) is 0.592. The van der Waals surface area contributed by atoms with Crippen LogP contribution in [0.1, 0.15) is 31.7 Å². The number of fused-ring (bicyclic) bond motifs is 1. The van der Waals surface area contributed by atoms with Crippen LogP contribution in [0.5, 0.6) is 0 Å². The maximum Gasteiger partial charge on any atom is 0.181 e. The third-order valence-electron chi connectivity index (χ3n) is 2.54. The van der Waals surface area contributed by atoms with Crippen molar-refractivity contribution in [3.8, 4) is 0 Å². The van der Waals surface area contributed by atoms with Gasteiger partial charge >= 0.3 is 0 Å². The van der Waals surface area contributed by atoms with E-state index in [0.717, 1.165) is 17.5 Å². The highest BCUT2D eigenvalue weighted by molar-refractivity contribution is 5.72. The summed E-state index contributed by atoms with van der Waals surface area (Å²) in [5, 5.41) is 0. The first-order valence-electron chi connectivity index (χ1n) is 4.64. The fourth-order valence-corrected chi connectivity index (χ4v) is 1.41. The second kappa shape index (κ2) is 3.21. The van der Waals surface area contributed by atoms with Gasteiger partial charge in [-0.2, -0.15) is 0 Å². The minimum absolute atomic E-state index is 0.592. The minimum atomic E-state index is 0.592. The maximum absolute atomic E-state index is 5.24. The van der Waals surface area contributed by atoms with Crippen LogP contribution in [0.4, 0.5) is 0 Å². The summed E-state index contributed by atoms with van der Waals surface area (Å²) in [5.41, 5.74) is 3.15. The molecule has 2 nitrogen and oxygen atoms in total. The van der Waals surface area contributed by atoms with Crippen molar-refractivity contribution in [2.75, 3.05) is 0 Å². The van der Waals surface area contributed by atoms with Crippen LogP contribution in [0.25, 0.3) is 11.1 Å². The van der Waals surface area contributed by atoms with Crippen molar-refractivity contribution in [2.45, 2.75) is 26.2 Å². The third kappa shape index (κ3) is 1.44. The normalized spacial score (nSPS) is 13.4. The van der Waals surface area contributed by atoms with Gasteiger partial charge in [0, 0.05) is 0 Å². The van der Waals surface area contributed by atoms with Crippen LogP contribution in [0, 0.1) is 0 Å². The van der Waals surface area contributed by atoms with Gasteiger partial charge in [-0.3, -0.25) is 0 Å². The second-order valence-electron chi connectivity index (χ2n) is 3.39. The second-order valence-corrected chi connectivity index (χ2v) is 3.39. The van der Waals surface area contributed by atoms with Gasteiger partial charge in [-0.05, 0) is 30.0 Å². The quantitative estimate of drug-likeness (QED) is 0.699. The molecule has 2 heteroatoms. The van der Waals surface area contributed by atoms with E-state index in [1.165, 1.54) is 12.0 Å². The standard InChI is InChI=1S/C11H13NO/c1-3-8(2)9-4-5-10-11(6-9)13-7-12-10/h4-8H,3H2,1-2H3. The van der Waals surface area contributed by atoms with Crippen LogP contribution in [-0.4, -0.2) is 4.98 Å². The molecule has 0 saturated carbocycles. The summed E-state index contributed by atoms with van der Waals surface area (Å²) in [6, 6.07) is 6.22. The van der Waals surface area contributed by atoms with Gasteiger partial charge in [-0.15, -0.1) is 0 Å². The lowest BCUT2D eigenvalue weighted by atomic mass is 9.99. The van der Waals surface area contributed by atoms with Crippen molar-refractivity contribution in [1.29, 1.82) is 0 Å². The monoisotopic (exact) mass is 175 g/mol. The summed E-state index contributed by atoms with van der Waals surface area (Å²) < 4.78 is 5.24. The summed E-state index contributed by atoms with van der Waals surface area (Å²) in [4.78, 5) is 4.08. The van der Waals surface area contributed by atoms with Crippen LogP contribution >= 0.6 is 0 Å². The summed E-state index contributed by atoms with van der Waals surface area (Å²) in [7, 11) is 0. The van der Waals surface area contributed by atoms with Crippen molar-refractivity contribution >= 4 is 11.1 Å². The number of rotatable bonds is 2. The molecule has 2 aromatic rings. The molecule has 0 aliphatic carbocycles. The molecule has 13 heavy (non-hydrogen) atoms. The Morgan fingerprint density at radius 2 is 2.31 bits per heavy atom. The molecule has 1 heterocycles. The van der Waals surface area contributed by atoms with E-state index in [2.05, 4.69) is 31.0 Å². The molecular weight excluding hydrogens is 162 g/mol. The fourth-order valence-electron chi connectivity index (χ4n) is 1.41. The number of hydrogen-bond donors (Lipinski definition) is 0. The zero-order chi connectivity index (χ0) is 9.26. The Morgan fingerprint density at radius 1 is 1.46 bits per heavy atom. The van der Waals surface area contributed by atoms with Gasteiger partial charge in [-0.1, -0.05) is 19.9 Å². The molecule has 0 N–H and O–H groups in total. The van der Waals surface area contributed by atoms with Crippen molar-refractivity contribution in [3.05, 3.63) is 30.2 Å². The number of oxazole rings is 1. The molecule has 0 fully saturated rings. The van der Waals surface area contributed by atoms with Crippen LogP contribution in [-0.2, 0) is 0 Å². The molecule has 68 valence electrons. The zero-order valence-corrected chi connectivity index (χ0v) is 7.95. The molecule has 0 aliphatic rings. The van der Waals surface area contributed by atoms with Gasteiger partial charge in [0.25, 0.3) is 0 Å². The molecule has 0 amide bonds. The van der Waals surface area contributed by atoms with E-state index in [1.807, 2.05) is 6.07 Å². The Kier molecular flexibility index (Phi) is 2.05. The van der Waals surface area contributed by atoms with Crippen molar-refractivity contribution in [3.63, 3.8) is 0 Å². The fraction of sp³-hybridized carbons (Fsp3) is 0.364. The molecule has 0 saturated heterocycles. The highest BCUT2D eigenvalue weighted by atomic mass is 16.3. The molecule has 0 radical (unpaired) electrons.